The van der Waals surface area contributed by atoms with Crippen LogP contribution in [-0.4, -0.2) is 20.2 Å². The molecule has 0 aliphatic carbocycles. The third-order valence-corrected chi connectivity index (χ3v) is 0.892. The predicted molar refractivity (Wildman–Crippen MR) is 32.5 cm³/mol. The molecule has 1 heterocycles. The Kier molecular flexibility index (Phi) is 1.80. The highest BCUT2D eigenvalue weighted by Gasteiger charge is 1.94. The number of tetrazole rings is 1. The molecule has 0 atom stereocenters. The van der Waals surface area contributed by atoms with E-state index in [9.17, 15) is 0 Å². The molecule has 10 heavy (non-hydrogen) atoms. The van der Waals surface area contributed by atoms with Crippen molar-refractivity contribution in [3.05, 3.63) is 0 Å². The Morgan fingerprint density at radius 2 is 2.50 bits per heavy atom. The Morgan fingerprint density at radius 1 is 1.70 bits per heavy atom. The van der Waals surface area contributed by atoms with E-state index in [0.717, 1.165) is 0 Å². The second kappa shape index (κ2) is 2.77. The molecular weight excluding hydrogens is 132 g/mol. The number of rotatable bonds is 2. The Bertz CT molecular complexity index is 244. The molecule has 0 aromatic carbocycles. The minimum Gasteiger partial charge on any atom is -0.365 e. The molecule has 0 spiro atoms. The molecule has 0 radical (unpaired) electrons. The van der Waals surface area contributed by atoms with Crippen LogP contribution in [0.3, 0.4) is 0 Å². The zero-order valence-electron chi connectivity index (χ0n) is 5.23. The first-order valence-electron chi connectivity index (χ1n) is 2.73. The summed E-state index contributed by atoms with van der Waals surface area (Å²) in [4.78, 5) is 1.29. The number of hydrogen-bond donors (Lipinski definition) is 1. The molecule has 1 aromatic rings. The first-order valence-corrected chi connectivity index (χ1v) is 2.73. The summed E-state index contributed by atoms with van der Waals surface area (Å²) >= 11 is 0. The number of aryl methyl sites for hydroxylation is 1. The van der Waals surface area contributed by atoms with Gasteiger partial charge in [0, 0.05) is 0 Å². The Balaban J connectivity index is 2.52. The molecule has 0 saturated heterocycles. The zero-order valence-corrected chi connectivity index (χ0v) is 5.23. The summed E-state index contributed by atoms with van der Waals surface area (Å²) in [5.74, 6) is 0.137. The molecule has 0 bridgehead atoms. The van der Waals surface area contributed by atoms with Crippen molar-refractivity contribution in [2.24, 2.45) is 0 Å². The summed E-state index contributed by atoms with van der Waals surface area (Å²) < 4.78 is 0. The number of nitrogens with zero attached hydrogens (tertiary/aromatic N) is 5. The van der Waals surface area contributed by atoms with Crippen LogP contribution in [0.1, 0.15) is 6.42 Å². The van der Waals surface area contributed by atoms with Gasteiger partial charge >= 0.3 is 0 Å². The Hall–Kier alpha value is -1.64. The van der Waals surface area contributed by atoms with Crippen molar-refractivity contribution in [1.29, 1.82) is 5.26 Å². The lowest BCUT2D eigenvalue weighted by atomic mass is 10.5. The summed E-state index contributed by atoms with van der Waals surface area (Å²) in [6.45, 7) is 0.445. The van der Waals surface area contributed by atoms with Crippen molar-refractivity contribution in [3.8, 4) is 6.07 Å². The normalized spacial score (nSPS) is 9.10. The highest BCUT2D eigenvalue weighted by molar-refractivity contribution is 5.06. The van der Waals surface area contributed by atoms with Crippen LogP contribution in [0.25, 0.3) is 0 Å². The summed E-state index contributed by atoms with van der Waals surface area (Å²) in [5.41, 5.74) is 5.16. The number of anilines is 1. The van der Waals surface area contributed by atoms with Gasteiger partial charge in [0.1, 0.15) is 0 Å². The van der Waals surface area contributed by atoms with E-state index < -0.39 is 0 Å². The predicted octanol–water partition coefficient (Wildman–Crippen LogP) is -0.831. The monoisotopic (exact) mass is 138 g/mol. The van der Waals surface area contributed by atoms with E-state index in [1.807, 2.05) is 6.07 Å². The largest absolute Gasteiger partial charge is 0.365 e. The van der Waals surface area contributed by atoms with Gasteiger partial charge in [-0.15, -0.1) is 5.10 Å². The van der Waals surface area contributed by atoms with Crippen LogP contribution >= 0.6 is 0 Å². The molecule has 1 aromatic heterocycles. The molecule has 0 unspecified atom stereocenters. The SMILES string of the molecule is N#CCCn1nnc(N)n1. The van der Waals surface area contributed by atoms with E-state index in [2.05, 4.69) is 15.4 Å². The second-order valence-electron chi connectivity index (χ2n) is 1.65. The Labute approximate surface area is 57.2 Å². The van der Waals surface area contributed by atoms with Crippen molar-refractivity contribution in [1.82, 2.24) is 20.2 Å². The van der Waals surface area contributed by atoms with Gasteiger partial charge in [0.05, 0.1) is 19.0 Å². The highest BCUT2D eigenvalue weighted by Crippen LogP contribution is 1.86. The van der Waals surface area contributed by atoms with Gasteiger partial charge in [-0.1, -0.05) is 5.10 Å². The summed E-state index contributed by atoms with van der Waals surface area (Å²) in [6, 6.07) is 1.96. The molecule has 52 valence electrons. The maximum Gasteiger partial charge on any atom is 0.260 e. The molecule has 1 rings (SSSR count). The maximum absolute atomic E-state index is 8.16. The molecular formula is C4H6N6. The fourth-order valence-corrected chi connectivity index (χ4v) is 0.500. The molecule has 6 nitrogen and oxygen atoms in total. The first-order chi connectivity index (χ1) is 4.83. The fraction of sp³-hybridized carbons (Fsp3) is 0.500. The van der Waals surface area contributed by atoms with E-state index in [4.69, 9.17) is 11.0 Å². The quantitative estimate of drug-likeness (QED) is 0.575. The molecule has 0 aliphatic heterocycles. The molecule has 0 amide bonds. The van der Waals surface area contributed by atoms with Crippen LogP contribution in [0.15, 0.2) is 0 Å². The van der Waals surface area contributed by atoms with E-state index in [1.165, 1.54) is 4.80 Å². The number of nitriles is 1. The van der Waals surface area contributed by atoms with Crippen molar-refractivity contribution in [2.45, 2.75) is 13.0 Å². The summed E-state index contributed by atoms with van der Waals surface area (Å²) in [5, 5.41) is 18.8. The smallest absolute Gasteiger partial charge is 0.260 e. The fourth-order valence-electron chi connectivity index (χ4n) is 0.500. The van der Waals surface area contributed by atoms with Gasteiger partial charge in [0.25, 0.3) is 5.95 Å². The number of aromatic nitrogens is 4. The molecule has 0 saturated carbocycles. The van der Waals surface area contributed by atoms with E-state index in [0.29, 0.717) is 13.0 Å². The molecule has 2 N–H and O–H groups in total. The van der Waals surface area contributed by atoms with Crippen LogP contribution < -0.4 is 5.73 Å². The van der Waals surface area contributed by atoms with Gasteiger partial charge in [-0.05, 0) is 5.21 Å². The topological polar surface area (TPSA) is 93.4 Å². The van der Waals surface area contributed by atoms with Crippen LogP contribution in [-0.2, 0) is 6.54 Å². The molecule has 0 aliphatic rings. The van der Waals surface area contributed by atoms with Gasteiger partial charge in [-0.2, -0.15) is 10.1 Å². The first kappa shape index (κ1) is 6.48. The van der Waals surface area contributed by atoms with Crippen molar-refractivity contribution >= 4 is 5.95 Å². The maximum atomic E-state index is 8.16. The molecule has 0 fully saturated rings. The summed E-state index contributed by atoms with van der Waals surface area (Å²) in [7, 11) is 0. The van der Waals surface area contributed by atoms with Gasteiger partial charge < -0.3 is 5.73 Å². The number of nitrogen functional groups attached to an aromatic ring is 1. The lowest BCUT2D eigenvalue weighted by molar-refractivity contribution is 0.531. The molecule has 6 heteroatoms. The van der Waals surface area contributed by atoms with Crippen LogP contribution in [0, 0.1) is 11.3 Å². The third-order valence-electron chi connectivity index (χ3n) is 0.892. The van der Waals surface area contributed by atoms with E-state index >= 15 is 0 Å². The zero-order chi connectivity index (χ0) is 7.40. The van der Waals surface area contributed by atoms with Crippen LogP contribution in [0.2, 0.25) is 0 Å². The summed E-state index contributed by atoms with van der Waals surface area (Å²) in [6.07, 6.45) is 0.371. The third kappa shape index (κ3) is 1.42. The minimum absolute atomic E-state index is 0.137. The standard InChI is InChI=1S/C4H6N6/c5-2-1-3-10-8-4(6)7-9-10/h1,3H2,(H2,6,8). The lowest BCUT2D eigenvalue weighted by Crippen LogP contribution is -2.01. The lowest BCUT2D eigenvalue weighted by Gasteiger charge is -1.87. The number of hydrogen-bond acceptors (Lipinski definition) is 5. The highest BCUT2D eigenvalue weighted by atomic mass is 15.6. The van der Waals surface area contributed by atoms with Crippen molar-refractivity contribution in [2.75, 3.05) is 5.73 Å². The van der Waals surface area contributed by atoms with Crippen molar-refractivity contribution in [3.63, 3.8) is 0 Å². The van der Waals surface area contributed by atoms with Gasteiger partial charge in [0.2, 0.25) is 0 Å². The van der Waals surface area contributed by atoms with Crippen LogP contribution in [0.5, 0.6) is 0 Å². The Morgan fingerprint density at radius 3 is 3.00 bits per heavy atom. The van der Waals surface area contributed by atoms with Gasteiger partial charge in [0.15, 0.2) is 0 Å². The minimum atomic E-state index is 0.137. The van der Waals surface area contributed by atoms with Crippen LogP contribution in [0.4, 0.5) is 5.95 Å². The van der Waals surface area contributed by atoms with Gasteiger partial charge in [-0.25, -0.2) is 0 Å². The van der Waals surface area contributed by atoms with Gasteiger partial charge in [-0.3, -0.25) is 0 Å². The van der Waals surface area contributed by atoms with Crippen molar-refractivity contribution < 1.29 is 0 Å². The number of nitrogens with two attached hydrogens (primary N) is 1. The second-order valence-corrected chi connectivity index (χ2v) is 1.65. The average Bonchev–Trinajstić information content (AvgIpc) is 2.31. The van der Waals surface area contributed by atoms with E-state index in [-0.39, 0.29) is 5.95 Å². The average molecular weight is 138 g/mol. The van der Waals surface area contributed by atoms with E-state index in [1.54, 1.807) is 0 Å².